The van der Waals surface area contributed by atoms with Gasteiger partial charge in [-0.15, -0.1) is 0 Å². The molecule has 0 radical (unpaired) electrons. The number of imidazole rings is 1. The summed E-state index contributed by atoms with van der Waals surface area (Å²) in [4.78, 5) is 6.87. The van der Waals surface area contributed by atoms with E-state index < -0.39 is 0 Å². The third-order valence-corrected chi connectivity index (χ3v) is 5.24. The molecule has 0 bridgehead atoms. The molecule has 4 rings (SSSR count). The highest BCUT2D eigenvalue weighted by molar-refractivity contribution is 5.19. The first-order valence-electron chi connectivity index (χ1n) is 9.24. The lowest BCUT2D eigenvalue weighted by Gasteiger charge is -2.38. The molecule has 0 unspecified atom stereocenters. The maximum atomic E-state index is 6.46. The van der Waals surface area contributed by atoms with E-state index in [4.69, 9.17) is 9.47 Å². The van der Waals surface area contributed by atoms with Gasteiger partial charge in [0, 0.05) is 39.5 Å². The highest BCUT2D eigenvalue weighted by Gasteiger charge is 2.38. The van der Waals surface area contributed by atoms with Crippen molar-refractivity contribution in [3.05, 3.63) is 54.1 Å². The van der Waals surface area contributed by atoms with Crippen molar-refractivity contribution < 1.29 is 9.47 Å². The second-order valence-corrected chi connectivity index (χ2v) is 7.18. The van der Waals surface area contributed by atoms with Crippen molar-refractivity contribution in [2.75, 3.05) is 26.8 Å². The van der Waals surface area contributed by atoms with Crippen LogP contribution in [0.15, 0.2) is 42.9 Å². The summed E-state index contributed by atoms with van der Waals surface area (Å²) in [5.74, 6) is 0.743. The average Bonchev–Trinajstić information content (AvgIpc) is 3.42. The summed E-state index contributed by atoms with van der Waals surface area (Å²) in [6.07, 6.45) is 7.03. The van der Waals surface area contributed by atoms with Crippen LogP contribution >= 0.6 is 0 Å². The van der Waals surface area contributed by atoms with E-state index in [1.54, 1.807) is 7.11 Å². The van der Waals surface area contributed by atoms with E-state index in [1.165, 1.54) is 24.1 Å². The van der Waals surface area contributed by atoms with Crippen LogP contribution in [0, 0.1) is 5.92 Å². The maximum absolute atomic E-state index is 6.46. The molecule has 1 saturated carbocycles. The Kier molecular flexibility index (Phi) is 5.15. The molecule has 1 aliphatic heterocycles. The molecule has 1 aromatic heterocycles. The SMILES string of the molecule is COCCn1cncc1CN1C[C@@H](c2ccccc2)O[C@@H](C2CC2)C1. The number of nitrogens with zero attached hydrogens (tertiary/aromatic N) is 3. The molecule has 2 heterocycles. The molecule has 0 N–H and O–H groups in total. The zero-order valence-corrected chi connectivity index (χ0v) is 14.9. The van der Waals surface area contributed by atoms with E-state index in [9.17, 15) is 0 Å². The zero-order valence-electron chi connectivity index (χ0n) is 14.9. The van der Waals surface area contributed by atoms with Crippen LogP contribution in [0.25, 0.3) is 0 Å². The van der Waals surface area contributed by atoms with Crippen molar-refractivity contribution >= 4 is 0 Å². The van der Waals surface area contributed by atoms with Gasteiger partial charge in [-0.2, -0.15) is 0 Å². The van der Waals surface area contributed by atoms with Crippen LogP contribution in [0.5, 0.6) is 0 Å². The van der Waals surface area contributed by atoms with E-state index in [-0.39, 0.29) is 6.10 Å². The number of benzene rings is 1. The third kappa shape index (κ3) is 4.11. The van der Waals surface area contributed by atoms with Crippen molar-refractivity contribution in [1.29, 1.82) is 0 Å². The normalized spacial score (nSPS) is 24.5. The predicted molar refractivity (Wildman–Crippen MR) is 96.2 cm³/mol. The first-order chi connectivity index (χ1) is 12.3. The Morgan fingerprint density at radius 3 is 2.80 bits per heavy atom. The second-order valence-electron chi connectivity index (χ2n) is 7.18. The minimum atomic E-state index is 0.163. The Hall–Kier alpha value is -1.69. The number of rotatable bonds is 7. The monoisotopic (exact) mass is 341 g/mol. The Morgan fingerprint density at radius 1 is 1.20 bits per heavy atom. The van der Waals surface area contributed by atoms with Gasteiger partial charge in [0.05, 0.1) is 30.8 Å². The molecule has 0 spiro atoms. The number of aromatic nitrogens is 2. The fourth-order valence-corrected chi connectivity index (χ4v) is 3.67. The molecule has 25 heavy (non-hydrogen) atoms. The van der Waals surface area contributed by atoms with Crippen LogP contribution in [0.4, 0.5) is 0 Å². The van der Waals surface area contributed by atoms with Crippen LogP contribution in [-0.4, -0.2) is 47.4 Å². The molecule has 5 heteroatoms. The van der Waals surface area contributed by atoms with Crippen LogP contribution in [0.2, 0.25) is 0 Å². The Bertz CT molecular complexity index is 669. The van der Waals surface area contributed by atoms with Gasteiger partial charge >= 0.3 is 0 Å². The first-order valence-corrected chi connectivity index (χ1v) is 9.24. The standard InChI is InChI=1S/C20H27N3O2/c1-24-10-9-23-15-21-11-18(23)12-22-13-19(16-5-3-2-4-6-16)25-20(14-22)17-7-8-17/h2-6,11,15,17,19-20H,7-10,12-14H2,1H3/t19-,20+/m0/s1. The Balaban J connectivity index is 1.47. The number of morpholine rings is 1. The number of hydrogen-bond donors (Lipinski definition) is 0. The number of hydrogen-bond acceptors (Lipinski definition) is 4. The van der Waals surface area contributed by atoms with Crippen molar-refractivity contribution in [3.63, 3.8) is 0 Å². The lowest BCUT2D eigenvalue weighted by Crippen LogP contribution is -2.44. The van der Waals surface area contributed by atoms with Gasteiger partial charge in [0.1, 0.15) is 0 Å². The number of ether oxygens (including phenoxy) is 2. The van der Waals surface area contributed by atoms with E-state index in [2.05, 4.69) is 44.8 Å². The summed E-state index contributed by atoms with van der Waals surface area (Å²) in [5.41, 5.74) is 2.53. The third-order valence-electron chi connectivity index (χ3n) is 5.24. The van der Waals surface area contributed by atoms with Crippen molar-refractivity contribution in [1.82, 2.24) is 14.5 Å². The summed E-state index contributed by atoms with van der Waals surface area (Å²) in [7, 11) is 1.74. The topological polar surface area (TPSA) is 39.5 Å². The van der Waals surface area contributed by atoms with Gasteiger partial charge in [-0.3, -0.25) is 4.90 Å². The van der Waals surface area contributed by atoms with Crippen molar-refractivity contribution in [2.45, 2.75) is 38.1 Å². The van der Waals surface area contributed by atoms with E-state index in [0.717, 1.165) is 32.1 Å². The molecule has 2 atom stereocenters. The highest BCUT2D eigenvalue weighted by atomic mass is 16.5. The summed E-state index contributed by atoms with van der Waals surface area (Å²) in [5, 5.41) is 0. The summed E-state index contributed by atoms with van der Waals surface area (Å²) in [6.45, 7) is 4.43. The van der Waals surface area contributed by atoms with Crippen molar-refractivity contribution in [2.24, 2.45) is 5.92 Å². The van der Waals surface area contributed by atoms with Crippen LogP contribution in [0.3, 0.4) is 0 Å². The average molecular weight is 341 g/mol. The molecule has 5 nitrogen and oxygen atoms in total. The molecule has 2 aromatic rings. The Labute approximate surface area is 149 Å². The molecule has 134 valence electrons. The zero-order chi connectivity index (χ0) is 17.1. The summed E-state index contributed by atoms with van der Waals surface area (Å²) < 4.78 is 13.9. The van der Waals surface area contributed by atoms with Crippen LogP contribution in [0.1, 0.15) is 30.2 Å². The Morgan fingerprint density at radius 2 is 2.04 bits per heavy atom. The first kappa shape index (κ1) is 16.8. The molecule has 1 aliphatic carbocycles. The van der Waals surface area contributed by atoms with Gasteiger partial charge in [-0.1, -0.05) is 30.3 Å². The molecule has 1 aromatic carbocycles. The van der Waals surface area contributed by atoms with E-state index in [0.29, 0.717) is 12.7 Å². The molecular weight excluding hydrogens is 314 g/mol. The van der Waals surface area contributed by atoms with Gasteiger partial charge in [-0.25, -0.2) is 4.98 Å². The largest absolute Gasteiger partial charge is 0.383 e. The summed E-state index contributed by atoms with van der Waals surface area (Å²) >= 11 is 0. The van der Waals surface area contributed by atoms with Gasteiger partial charge in [-0.05, 0) is 24.3 Å². The second kappa shape index (κ2) is 7.68. The summed E-state index contributed by atoms with van der Waals surface area (Å²) in [6, 6.07) is 10.6. The minimum absolute atomic E-state index is 0.163. The molecular formula is C20H27N3O2. The fourth-order valence-electron chi connectivity index (χ4n) is 3.67. The van der Waals surface area contributed by atoms with Gasteiger partial charge in [0.25, 0.3) is 0 Å². The fraction of sp³-hybridized carbons (Fsp3) is 0.550. The van der Waals surface area contributed by atoms with Gasteiger partial charge in [0.2, 0.25) is 0 Å². The van der Waals surface area contributed by atoms with E-state index in [1.807, 2.05) is 12.5 Å². The molecule has 1 saturated heterocycles. The lowest BCUT2D eigenvalue weighted by molar-refractivity contribution is -0.0990. The maximum Gasteiger partial charge on any atom is 0.0956 e. The highest BCUT2D eigenvalue weighted by Crippen LogP contribution is 2.39. The van der Waals surface area contributed by atoms with Crippen molar-refractivity contribution in [3.8, 4) is 0 Å². The minimum Gasteiger partial charge on any atom is -0.383 e. The quantitative estimate of drug-likeness (QED) is 0.776. The van der Waals surface area contributed by atoms with Crippen LogP contribution in [-0.2, 0) is 22.6 Å². The van der Waals surface area contributed by atoms with Crippen LogP contribution < -0.4 is 0 Å². The van der Waals surface area contributed by atoms with E-state index >= 15 is 0 Å². The predicted octanol–water partition coefficient (Wildman–Crippen LogP) is 2.88. The lowest BCUT2D eigenvalue weighted by atomic mass is 10.0. The number of methoxy groups -OCH3 is 1. The molecule has 2 fully saturated rings. The molecule has 0 amide bonds. The van der Waals surface area contributed by atoms with Gasteiger partial charge < -0.3 is 14.0 Å². The van der Waals surface area contributed by atoms with Gasteiger partial charge in [0.15, 0.2) is 0 Å². The smallest absolute Gasteiger partial charge is 0.0956 e. The molecule has 2 aliphatic rings.